The number of rotatable bonds is 3. The van der Waals surface area contributed by atoms with Crippen LogP contribution in [-0.2, 0) is 6.54 Å². The summed E-state index contributed by atoms with van der Waals surface area (Å²) in [5.74, 6) is 0. The molecule has 2 rings (SSSR count). The molecule has 1 N–H and O–H groups in total. The summed E-state index contributed by atoms with van der Waals surface area (Å²) in [7, 11) is 0. The number of fused-ring (bicyclic) bond motifs is 1. The monoisotopic (exact) mass is 302 g/mol. The van der Waals surface area contributed by atoms with Crippen LogP contribution < -0.4 is 5.32 Å². The average Bonchev–Trinajstić information content (AvgIpc) is 2.33. The van der Waals surface area contributed by atoms with Crippen molar-refractivity contribution < 1.29 is 0 Å². The van der Waals surface area contributed by atoms with Gasteiger partial charge in [0, 0.05) is 22.2 Å². The van der Waals surface area contributed by atoms with Crippen LogP contribution in [0.15, 0.2) is 35.4 Å². The van der Waals surface area contributed by atoms with Gasteiger partial charge in [-0.3, -0.25) is 0 Å². The molecule has 1 heterocycles. The van der Waals surface area contributed by atoms with E-state index in [1.807, 2.05) is 17.8 Å². The second kappa shape index (κ2) is 5.98. The first-order valence-electron chi connectivity index (χ1n) is 7.47. The van der Waals surface area contributed by atoms with Crippen LogP contribution in [-0.4, -0.2) is 15.3 Å². The summed E-state index contributed by atoms with van der Waals surface area (Å²) in [6.07, 6.45) is 0. The fourth-order valence-electron chi connectivity index (χ4n) is 2.01. The van der Waals surface area contributed by atoms with E-state index in [2.05, 4.69) is 71.1 Å². The number of hydrogen-bond acceptors (Lipinski definition) is 3. The number of hydrogen-bond donors (Lipinski definition) is 1. The molecule has 0 amide bonds. The highest BCUT2D eigenvalue weighted by molar-refractivity contribution is 8.00. The maximum absolute atomic E-state index is 4.88. The molecule has 2 nitrogen and oxygen atoms in total. The first kappa shape index (κ1) is 16.3. The van der Waals surface area contributed by atoms with Gasteiger partial charge in [0.05, 0.1) is 5.52 Å². The smallest absolute Gasteiger partial charge is 0.102 e. The summed E-state index contributed by atoms with van der Waals surface area (Å²) in [6.45, 7) is 14.1. The molecule has 0 saturated carbocycles. The number of thioether (sulfide) groups is 1. The van der Waals surface area contributed by atoms with Crippen LogP contribution in [0.3, 0.4) is 0 Å². The van der Waals surface area contributed by atoms with Crippen LogP contribution in [0.4, 0.5) is 0 Å². The van der Waals surface area contributed by atoms with Crippen molar-refractivity contribution in [3.05, 3.63) is 35.9 Å². The summed E-state index contributed by atoms with van der Waals surface area (Å²) in [5.41, 5.74) is 2.46. The van der Waals surface area contributed by atoms with Crippen LogP contribution in [0.2, 0.25) is 0 Å². The van der Waals surface area contributed by atoms with Gasteiger partial charge in [0.15, 0.2) is 0 Å². The minimum Gasteiger partial charge on any atom is -0.308 e. The molecule has 3 heteroatoms. The van der Waals surface area contributed by atoms with Gasteiger partial charge in [-0.15, -0.1) is 11.8 Å². The molecule has 0 aliphatic carbocycles. The Morgan fingerprint density at radius 3 is 2.33 bits per heavy atom. The third-order valence-corrected chi connectivity index (χ3v) is 4.13. The summed E-state index contributed by atoms with van der Waals surface area (Å²) < 4.78 is 0.159. The van der Waals surface area contributed by atoms with E-state index >= 15 is 0 Å². The number of para-hydroxylation sites is 1. The van der Waals surface area contributed by atoms with Crippen molar-refractivity contribution in [1.29, 1.82) is 0 Å². The van der Waals surface area contributed by atoms with Gasteiger partial charge in [-0.2, -0.15) is 0 Å². The fraction of sp³-hybridized carbons (Fsp3) is 0.500. The third-order valence-electron chi connectivity index (χ3n) is 2.98. The predicted molar refractivity (Wildman–Crippen MR) is 93.9 cm³/mol. The van der Waals surface area contributed by atoms with E-state index < -0.39 is 0 Å². The second-order valence-corrected chi connectivity index (χ2v) is 9.28. The number of aromatic nitrogens is 1. The quantitative estimate of drug-likeness (QED) is 0.806. The van der Waals surface area contributed by atoms with Gasteiger partial charge >= 0.3 is 0 Å². The van der Waals surface area contributed by atoms with Gasteiger partial charge < -0.3 is 5.32 Å². The lowest BCUT2D eigenvalue weighted by atomic mass is 10.1. The van der Waals surface area contributed by atoms with E-state index in [4.69, 9.17) is 4.98 Å². The highest BCUT2D eigenvalue weighted by atomic mass is 32.2. The molecule has 0 fully saturated rings. The van der Waals surface area contributed by atoms with E-state index in [0.29, 0.717) is 0 Å². The molecular formula is C18H26N2S. The fourth-order valence-corrected chi connectivity index (χ4v) is 2.99. The standard InChI is InChI=1S/C18H26N2S/c1-17(2,3)19-12-14-11-13-9-7-8-10-15(13)20-16(14)21-18(4,5)6/h7-11,19H,12H2,1-6H3. The largest absolute Gasteiger partial charge is 0.308 e. The molecule has 0 saturated heterocycles. The zero-order valence-corrected chi connectivity index (χ0v) is 14.8. The Hall–Kier alpha value is -1.06. The van der Waals surface area contributed by atoms with Gasteiger partial charge in [-0.05, 0) is 38.5 Å². The van der Waals surface area contributed by atoms with Crippen molar-refractivity contribution in [2.45, 2.75) is 63.4 Å². The van der Waals surface area contributed by atoms with Crippen LogP contribution in [0.1, 0.15) is 47.1 Å². The van der Waals surface area contributed by atoms with Crippen molar-refractivity contribution in [3.8, 4) is 0 Å². The van der Waals surface area contributed by atoms with Gasteiger partial charge in [0.2, 0.25) is 0 Å². The normalized spacial score (nSPS) is 12.9. The molecule has 1 aromatic carbocycles. The number of nitrogens with one attached hydrogen (secondary N) is 1. The molecule has 0 bridgehead atoms. The molecule has 0 atom stereocenters. The molecule has 114 valence electrons. The first-order valence-corrected chi connectivity index (χ1v) is 8.28. The summed E-state index contributed by atoms with van der Waals surface area (Å²) in [5, 5.41) is 5.92. The van der Waals surface area contributed by atoms with Crippen molar-refractivity contribution in [1.82, 2.24) is 10.3 Å². The minimum atomic E-state index is 0.106. The number of pyridine rings is 1. The predicted octanol–water partition coefficient (Wildman–Crippen LogP) is 5.01. The van der Waals surface area contributed by atoms with Crippen LogP contribution in [0.5, 0.6) is 0 Å². The molecule has 0 aliphatic rings. The summed E-state index contributed by atoms with van der Waals surface area (Å²) >= 11 is 1.84. The first-order chi connectivity index (χ1) is 9.64. The van der Waals surface area contributed by atoms with E-state index in [0.717, 1.165) is 17.1 Å². The Kier molecular flexibility index (Phi) is 4.64. The van der Waals surface area contributed by atoms with E-state index in [-0.39, 0.29) is 10.3 Å². The van der Waals surface area contributed by atoms with E-state index in [1.165, 1.54) is 10.9 Å². The molecule has 0 aliphatic heterocycles. The zero-order chi connectivity index (χ0) is 15.7. The van der Waals surface area contributed by atoms with Crippen LogP contribution in [0, 0.1) is 0 Å². The lowest BCUT2D eigenvalue weighted by Crippen LogP contribution is -2.35. The van der Waals surface area contributed by atoms with Crippen molar-refractivity contribution in [2.24, 2.45) is 0 Å². The molecule has 1 aromatic heterocycles. The highest BCUT2D eigenvalue weighted by Crippen LogP contribution is 2.34. The van der Waals surface area contributed by atoms with E-state index in [9.17, 15) is 0 Å². The Labute approximate surface area is 132 Å². The Balaban J connectivity index is 2.41. The molecule has 21 heavy (non-hydrogen) atoms. The van der Waals surface area contributed by atoms with Crippen molar-refractivity contribution >= 4 is 22.7 Å². The number of nitrogens with zero attached hydrogens (tertiary/aromatic N) is 1. The summed E-state index contributed by atoms with van der Waals surface area (Å²) in [6, 6.07) is 10.6. The molecular weight excluding hydrogens is 276 g/mol. The van der Waals surface area contributed by atoms with Crippen molar-refractivity contribution in [2.75, 3.05) is 0 Å². The van der Waals surface area contributed by atoms with Crippen LogP contribution >= 0.6 is 11.8 Å². The lowest BCUT2D eigenvalue weighted by molar-refractivity contribution is 0.422. The Morgan fingerprint density at radius 2 is 1.71 bits per heavy atom. The molecule has 2 aromatic rings. The van der Waals surface area contributed by atoms with Gasteiger partial charge in [-0.1, -0.05) is 39.0 Å². The van der Waals surface area contributed by atoms with Gasteiger partial charge in [0.25, 0.3) is 0 Å². The Morgan fingerprint density at radius 1 is 1.05 bits per heavy atom. The molecule has 0 spiro atoms. The topological polar surface area (TPSA) is 24.9 Å². The second-order valence-electron chi connectivity index (χ2n) is 7.46. The number of benzene rings is 1. The zero-order valence-electron chi connectivity index (χ0n) is 13.9. The Bertz CT molecular complexity index is 621. The van der Waals surface area contributed by atoms with Crippen molar-refractivity contribution in [3.63, 3.8) is 0 Å². The SMILES string of the molecule is CC(C)(C)NCc1cc2ccccc2nc1SC(C)(C)C. The third kappa shape index (κ3) is 5.01. The van der Waals surface area contributed by atoms with E-state index in [1.54, 1.807) is 0 Å². The van der Waals surface area contributed by atoms with Crippen LogP contribution in [0.25, 0.3) is 10.9 Å². The van der Waals surface area contributed by atoms with Gasteiger partial charge in [-0.25, -0.2) is 4.98 Å². The summed E-state index contributed by atoms with van der Waals surface area (Å²) in [4.78, 5) is 4.88. The average molecular weight is 302 g/mol. The molecule has 0 unspecified atom stereocenters. The highest BCUT2D eigenvalue weighted by Gasteiger charge is 2.18. The molecule has 0 radical (unpaired) electrons. The maximum Gasteiger partial charge on any atom is 0.102 e. The lowest BCUT2D eigenvalue weighted by Gasteiger charge is -2.23. The maximum atomic E-state index is 4.88. The minimum absolute atomic E-state index is 0.106. The van der Waals surface area contributed by atoms with Gasteiger partial charge in [0.1, 0.15) is 5.03 Å².